The Morgan fingerprint density at radius 1 is 1.57 bits per heavy atom. The van der Waals surface area contributed by atoms with Crippen molar-refractivity contribution in [1.82, 2.24) is 10.2 Å². The van der Waals surface area contributed by atoms with Gasteiger partial charge in [-0.15, -0.1) is 5.10 Å². The molecule has 0 bridgehead atoms. The average Bonchev–Trinajstić information content (AvgIpc) is 2.50. The molecule has 1 atom stereocenters. The summed E-state index contributed by atoms with van der Waals surface area (Å²) in [5.74, 6) is -3.26. The minimum Gasteiger partial charge on any atom is -0.468 e. The highest BCUT2D eigenvalue weighted by atomic mass is 32.1. The number of halogens is 2. The van der Waals surface area contributed by atoms with Crippen molar-refractivity contribution < 1.29 is 13.5 Å². The fourth-order valence-electron chi connectivity index (χ4n) is 1.22. The van der Waals surface area contributed by atoms with Crippen molar-refractivity contribution in [1.29, 1.82) is 0 Å². The van der Waals surface area contributed by atoms with Gasteiger partial charge in [0.25, 0.3) is 11.1 Å². The van der Waals surface area contributed by atoms with Crippen LogP contribution >= 0.6 is 11.3 Å². The Labute approximate surface area is 83.1 Å². The van der Waals surface area contributed by atoms with Gasteiger partial charge in [0.05, 0.1) is 12.5 Å². The molecule has 1 aromatic heterocycles. The molecular formula is C7H9F2N3OS. The van der Waals surface area contributed by atoms with Gasteiger partial charge in [0.15, 0.2) is 0 Å². The molecule has 1 saturated carbocycles. The maximum atomic E-state index is 12.8. The van der Waals surface area contributed by atoms with E-state index >= 15 is 0 Å². The second-order valence-corrected chi connectivity index (χ2v) is 4.19. The van der Waals surface area contributed by atoms with Gasteiger partial charge in [0.1, 0.15) is 0 Å². The zero-order chi connectivity index (χ0) is 10.2. The van der Waals surface area contributed by atoms with E-state index in [-0.39, 0.29) is 23.4 Å². The molecule has 2 rings (SSSR count). The van der Waals surface area contributed by atoms with E-state index in [9.17, 15) is 8.78 Å². The van der Waals surface area contributed by atoms with E-state index in [4.69, 9.17) is 10.5 Å². The van der Waals surface area contributed by atoms with Crippen LogP contribution in [0.5, 0.6) is 5.19 Å². The van der Waals surface area contributed by atoms with Crippen molar-refractivity contribution in [2.45, 2.75) is 18.8 Å². The number of aromatic nitrogens is 2. The SMILES string of the molecule is Nc1nnc(OCC2CCC2(F)F)s1. The molecule has 0 aromatic carbocycles. The third kappa shape index (κ3) is 1.77. The van der Waals surface area contributed by atoms with Crippen LogP contribution in [0.1, 0.15) is 12.8 Å². The molecule has 1 aliphatic rings. The van der Waals surface area contributed by atoms with Crippen molar-refractivity contribution in [2.75, 3.05) is 12.3 Å². The van der Waals surface area contributed by atoms with Crippen LogP contribution in [0.15, 0.2) is 0 Å². The largest absolute Gasteiger partial charge is 0.468 e. The fourth-order valence-corrected chi connectivity index (χ4v) is 1.69. The summed E-state index contributed by atoms with van der Waals surface area (Å²) in [5, 5.41) is 7.61. The van der Waals surface area contributed by atoms with Crippen LogP contribution in [0.4, 0.5) is 13.9 Å². The van der Waals surface area contributed by atoms with Crippen LogP contribution in [0.2, 0.25) is 0 Å². The van der Waals surface area contributed by atoms with Gasteiger partial charge in [-0.25, -0.2) is 8.78 Å². The predicted molar refractivity (Wildman–Crippen MR) is 47.5 cm³/mol. The number of nitrogen functional groups attached to an aromatic ring is 1. The molecule has 4 nitrogen and oxygen atoms in total. The summed E-state index contributed by atoms with van der Waals surface area (Å²) in [6, 6.07) is 0. The van der Waals surface area contributed by atoms with Crippen molar-refractivity contribution in [2.24, 2.45) is 5.92 Å². The minimum absolute atomic E-state index is 0.0123. The van der Waals surface area contributed by atoms with Crippen LogP contribution in [0.25, 0.3) is 0 Å². The topological polar surface area (TPSA) is 61.0 Å². The van der Waals surface area contributed by atoms with Crippen molar-refractivity contribution in [3.63, 3.8) is 0 Å². The molecule has 0 saturated heterocycles. The number of ether oxygens (including phenoxy) is 1. The second kappa shape index (κ2) is 3.30. The number of hydrogen-bond acceptors (Lipinski definition) is 5. The van der Waals surface area contributed by atoms with E-state index in [0.29, 0.717) is 6.42 Å². The normalized spacial score (nSPS) is 24.3. The Balaban J connectivity index is 1.83. The first-order valence-corrected chi connectivity index (χ1v) is 4.99. The summed E-state index contributed by atoms with van der Waals surface area (Å²) in [7, 11) is 0. The monoisotopic (exact) mass is 221 g/mol. The highest BCUT2D eigenvalue weighted by Crippen LogP contribution is 2.43. The van der Waals surface area contributed by atoms with E-state index in [1.165, 1.54) is 0 Å². The smallest absolute Gasteiger partial charge is 0.295 e. The minimum atomic E-state index is -2.57. The lowest BCUT2D eigenvalue weighted by atomic mass is 9.81. The molecule has 0 aliphatic heterocycles. The highest BCUT2D eigenvalue weighted by molar-refractivity contribution is 7.16. The van der Waals surface area contributed by atoms with Gasteiger partial charge in [0, 0.05) is 6.42 Å². The van der Waals surface area contributed by atoms with Crippen molar-refractivity contribution >= 4 is 16.5 Å². The average molecular weight is 221 g/mol. The molecule has 2 N–H and O–H groups in total. The van der Waals surface area contributed by atoms with Gasteiger partial charge >= 0.3 is 0 Å². The first-order valence-electron chi connectivity index (χ1n) is 4.17. The Bertz CT molecular complexity index is 330. The van der Waals surface area contributed by atoms with Gasteiger partial charge in [-0.05, 0) is 17.8 Å². The van der Waals surface area contributed by atoms with E-state index < -0.39 is 11.8 Å². The number of anilines is 1. The van der Waals surface area contributed by atoms with Gasteiger partial charge < -0.3 is 10.5 Å². The van der Waals surface area contributed by atoms with Gasteiger partial charge in [0.2, 0.25) is 5.13 Å². The lowest BCUT2D eigenvalue weighted by molar-refractivity contribution is -0.143. The molecule has 0 spiro atoms. The maximum absolute atomic E-state index is 12.8. The molecule has 0 amide bonds. The maximum Gasteiger partial charge on any atom is 0.295 e. The van der Waals surface area contributed by atoms with Crippen LogP contribution < -0.4 is 10.5 Å². The summed E-state index contributed by atoms with van der Waals surface area (Å²) in [4.78, 5) is 0. The lowest BCUT2D eigenvalue weighted by Crippen LogP contribution is -2.42. The second-order valence-electron chi connectivity index (χ2n) is 3.21. The molecule has 14 heavy (non-hydrogen) atoms. The van der Waals surface area contributed by atoms with Crippen molar-refractivity contribution in [3.05, 3.63) is 0 Å². The van der Waals surface area contributed by atoms with E-state index in [1.54, 1.807) is 0 Å². The summed E-state index contributed by atoms with van der Waals surface area (Å²) < 4.78 is 30.6. The molecule has 1 unspecified atom stereocenters. The van der Waals surface area contributed by atoms with Gasteiger partial charge in [-0.3, -0.25) is 0 Å². The third-order valence-electron chi connectivity index (χ3n) is 2.25. The summed E-state index contributed by atoms with van der Waals surface area (Å²) in [6.07, 6.45) is 0.459. The molecule has 1 heterocycles. The number of rotatable bonds is 3. The molecular weight excluding hydrogens is 212 g/mol. The lowest BCUT2D eigenvalue weighted by Gasteiger charge is -2.35. The summed E-state index contributed by atoms with van der Waals surface area (Å²) >= 11 is 1.05. The van der Waals surface area contributed by atoms with Crippen LogP contribution in [-0.4, -0.2) is 22.7 Å². The molecule has 78 valence electrons. The number of nitrogens with zero attached hydrogens (tertiary/aromatic N) is 2. The van der Waals surface area contributed by atoms with Crippen LogP contribution in [0.3, 0.4) is 0 Å². The molecule has 7 heteroatoms. The van der Waals surface area contributed by atoms with E-state index in [2.05, 4.69) is 10.2 Å². The Hall–Kier alpha value is -0.980. The molecule has 0 radical (unpaired) electrons. The predicted octanol–water partition coefficient (Wildman–Crippen LogP) is 1.54. The number of nitrogens with two attached hydrogens (primary N) is 1. The van der Waals surface area contributed by atoms with Gasteiger partial charge in [-0.1, -0.05) is 5.10 Å². The first-order chi connectivity index (χ1) is 6.58. The van der Waals surface area contributed by atoms with Crippen molar-refractivity contribution in [3.8, 4) is 5.19 Å². The fraction of sp³-hybridized carbons (Fsp3) is 0.714. The van der Waals surface area contributed by atoms with E-state index in [1.807, 2.05) is 0 Å². The molecule has 1 aromatic rings. The third-order valence-corrected chi connectivity index (χ3v) is 2.92. The summed E-state index contributed by atoms with van der Waals surface area (Å²) in [5.41, 5.74) is 5.30. The first kappa shape index (κ1) is 9.57. The van der Waals surface area contributed by atoms with Gasteiger partial charge in [-0.2, -0.15) is 0 Å². The standard InChI is InChI=1S/C7H9F2N3OS/c8-7(9)2-1-4(7)3-13-6-12-11-5(10)14-6/h4H,1-3H2,(H2,10,11). The zero-order valence-electron chi connectivity index (χ0n) is 7.24. The number of alkyl halides is 2. The van der Waals surface area contributed by atoms with Crippen LogP contribution in [-0.2, 0) is 0 Å². The quantitative estimate of drug-likeness (QED) is 0.841. The molecule has 1 fully saturated rings. The Morgan fingerprint density at radius 2 is 2.36 bits per heavy atom. The Kier molecular flexibility index (Phi) is 2.26. The molecule has 1 aliphatic carbocycles. The van der Waals surface area contributed by atoms with E-state index in [0.717, 1.165) is 11.3 Å². The number of hydrogen-bond donors (Lipinski definition) is 1. The van der Waals surface area contributed by atoms with Crippen LogP contribution in [0, 0.1) is 5.92 Å². The highest BCUT2D eigenvalue weighted by Gasteiger charge is 2.48. The Morgan fingerprint density at radius 3 is 2.79 bits per heavy atom. The summed E-state index contributed by atoms with van der Waals surface area (Å²) in [6.45, 7) is -0.0123. The zero-order valence-corrected chi connectivity index (χ0v) is 8.06.